The maximum atomic E-state index is 12.5. The molecule has 1 aliphatic carbocycles. The third-order valence-electron chi connectivity index (χ3n) is 6.24. The van der Waals surface area contributed by atoms with Gasteiger partial charge in [0.05, 0.1) is 20.6 Å². The van der Waals surface area contributed by atoms with Crippen LogP contribution in [0.15, 0.2) is 24.3 Å². The molecule has 2 aliphatic rings. The zero-order valence-corrected chi connectivity index (χ0v) is 17.6. The van der Waals surface area contributed by atoms with E-state index >= 15 is 0 Å². The highest BCUT2D eigenvalue weighted by Gasteiger charge is 2.35. The highest BCUT2D eigenvalue weighted by molar-refractivity contribution is 5.76. The molecule has 146 valence electrons. The van der Waals surface area contributed by atoms with Gasteiger partial charge in [0.25, 0.3) is 0 Å². The van der Waals surface area contributed by atoms with Crippen molar-refractivity contribution >= 4 is 5.97 Å². The van der Waals surface area contributed by atoms with E-state index in [0.29, 0.717) is 18.6 Å². The average Bonchev–Trinajstić information content (AvgIpc) is 2.98. The zero-order chi connectivity index (χ0) is 17.9. The zero-order valence-electron chi connectivity index (χ0n) is 16.0. The number of ether oxygens (including phenoxy) is 1. The molecule has 2 fully saturated rings. The SMILES string of the molecule is C[N+]1(C)CCCC1COC(=O)C(O)c1ccccc1C1CCCCC1.[Br-]. The number of quaternary nitrogens is 1. The highest BCUT2D eigenvalue weighted by Crippen LogP contribution is 2.36. The normalized spacial score (nSPS) is 23.9. The van der Waals surface area contributed by atoms with Crippen LogP contribution in [0.3, 0.4) is 0 Å². The molecule has 3 rings (SSSR count). The number of halogens is 1. The number of nitrogens with zero attached hydrogens (tertiary/aromatic N) is 1. The monoisotopic (exact) mass is 425 g/mol. The molecule has 2 unspecified atom stereocenters. The molecule has 1 N–H and O–H groups in total. The molecule has 5 heteroatoms. The Morgan fingerprint density at radius 2 is 1.85 bits per heavy atom. The smallest absolute Gasteiger partial charge is 0.339 e. The summed E-state index contributed by atoms with van der Waals surface area (Å²) in [6.45, 7) is 1.52. The molecule has 1 saturated carbocycles. The van der Waals surface area contributed by atoms with Crippen LogP contribution >= 0.6 is 0 Å². The van der Waals surface area contributed by atoms with E-state index in [1.165, 1.54) is 25.7 Å². The second-order valence-corrected chi connectivity index (χ2v) is 8.29. The number of benzene rings is 1. The van der Waals surface area contributed by atoms with Gasteiger partial charge in [0.15, 0.2) is 6.10 Å². The molecule has 4 nitrogen and oxygen atoms in total. The van der Waals surface area contributed by atoms with E-state index < -0.39 is 12.1 Å². The van der Waals surface area contributed by atoms with Gasteiger partial charge in [-0.15, -0.1) is 0 Å². The summed E-state index contributed by atoms with van der Waals surface area (Å²) >= 11 is 0. The lowest BCUT2D eigenvalue weighted by Crippen LogP contribution is -3.00. The minimum atomic E-state index is -1.17. The van der Waals surface area contributed by atoms with Crippen LogP contribution in [0, 0.1) is 0 Å². The van der Waals surface area contributed by atoms with Crippen molar-refractivity contribution in [3.63, 3.8) is 0 Å². The molecule has 1 heterocycles. The molecule has 0 aromatic heterocycles. The van der Waals surface area contributed by atoms with Crippen molar-refractivity contribution in [3.05, 3.63) is 35.4 Å². The molecule has 26 heavy (non-hydrogen) atoms. The number of hydrogen-bond acceptors (Lipinski definition) is 3. The van der Waals surface area contributed by atoms with Gasteiger partial charge < -0.3 is 31.3 Å². The van der Waals surface area contributed by atoms with Gasteiger partial charge in [-0.3, -0.25) is 0 Å². The summed E-state index contributed by atoms with van der Waals surface area (Å²) in [6, 6.07) is 8.19. The second kappa shape index (κ2) is 9.34. The summed E-state index contributed by atoms with van der Waals surface area (Å²) in [6.07, 6.45) is 7.12. The highest BCUT2D eigenvalue weighted by atomic mass is 79.9. The van der Waals surface area contributed by atoms with Crippen molar-refractivity contribution in [2.75, 3.05) is 27.2 Å². The number of likely N-dealkylation sites (tertiary alicyclic amines) is 1. The lowest BCUT2D eigenvalue weighted by molar-refractivity contribution is -0.902. The summed E-state index contributed by atoms with van der Waals surface area (Å²) in [4.78, 5) is 12.5. The van der Waals surface area contributed by atoms with Crippen LogP contribution in [0.25, 0.3) is 0 Å². The van der Waals surface area contributed by atoms with Crippen molar-refractivity contribution < 1.29 is 36.1 Å². The van der Waals surface area contributed by atoms with Crippen molar-refractivity contribution in [3.8, 4) is 0 Å². The first-order valence-electron chi connectivity index (χ1n) is 9.75. The molecular formula is C21H32BrNO3. The first-order chi connectivity index (χ1) is 12.0. The number of hydrogen-bond donors (Lipinski definition) is 1. The Morgan fingerprint density at radius 1 is 1.15 bits per heavy atom. The van der Waals surface area contributed by atoms with Crippen LogP contribution in [0.2, 0.25) is 0 Å². The molecule has 1 aliphatic heterocycles. The Labute approximate surface area is 167 Å². The maximum absolute atomic E-state index is 12.5. The maximum Gasteiger partial charge on any atom is 0.339 e. The molecule has 1 aromatic carbocycles. The van der Waals surface area contributed by atoms with E-state index in [1.54, 1.807) is 0 Å². The first kappa shape index (κ1) is 21.4. The fraction of sp³-hybridized carbons (Fsp3) is 0.667. The molecular weight excluding hydrogens is 394 g/mol. The van der Waals surface area contributed by atoms with Crippen molar-refractivity contribution in [1.29, 1.82) is 0 Å². The van der Waals surface area contributed by atoms with Gasteiger partial charge in [0.2, 0.25) is 0 Å². The summed E-state index contributed by atoms with van der Waals surface area (Å²) in [5.41, 5.74) is 1.86. The van der Waals surface area contributed by atoms with E-state index in [1.807, 2.05) is 18.2 Å². The van der Waals surface area contributed by atoms with Gasteiger partial charge in [-0.2, -0.15) is 0 Å². The largest absolute Gasteiger partial charge is 1.00 e. The Kier molecular flexibility index (Phi) is 7.68. The van der Waals surface area contributed by atoms with Crippen LogP contribution in [0.5, 0.6) is 0 Å². The number of aliphatic hydroxyl groups excluding tert-OH is 1. The number of rotatable bonds is 5. The van der Waals surface area contributed by atoms with Crippen LogP contribution < -0.4 is 17.0 Å². The van der Waals surface area contributed by atoms with Gasteiger partial charge >= 0.3 is 5.97 Å². The molecule has 1 aromatic rings. The van der Waals surface area contributed by atoms with Crippen LogP contribution in [-0.2, 0) is 9.53 Å². The van der Waals surface area contributed by atoms with Crippen molar-refractivity contribution in [1.82, 2.24) is 0 Å². The molecule has 0 spiro atoms. The van der Waals surface area contributed by atoms with Gasteiger partial charge in [0.1, 0.15) is 12.6 Å². The summed E-state index contributed by atoms with van der Waals surface area (Å²) in [5, 5.41) is 10.6. The fourth-order valence-corrected chi connectivity index (χ4v) is 4.48. The molecule has 1 saturated heterocycles. The minimum Gasteiger partial charge on any atom is -1.00 e. The Balaban J connectivity index is 0.00000243. The number of carbonyl (C=O) groups is 1. The standard InChI is InChI=1S/C21H32NO3.BrH/c1-22(2)14-8-11-17(22)15-25-21(24)20(23)19-13-7-6-12-18(19)16-9-4-3-5-10-16;/h6-7,12-13,16-17,20,23H,3-5,8-11,14-15H2,1-2H3;1H/q+1;/p-1. The fourth-order valence-electron chi connectivity index (χ4n) is 4.48. The molecule has 2 atom stereocenters. The van der Waals surface area contributed by atoms with Crippen LogP contribution in [0.4, 0.5) is 0 Å². The van der Waals surface area contributed by atoms with Gasteiger partial charge in [-0.25, -0.2) is 4.79 Å². The van der Waals surface area contributed by atoms with Gasteiger partial charge in [-0.1, -0.05) is 43.5 Å². The van der Waals surface area contributed by atoms with Crippen molar-refractivity contribution in [2.24, 2.45) is 0 Å². The Morgan fingerprint density at radius 3 is 2.50 bits per heavy atom. The lowest BCUT2D eigenvalue weighted by atomic mass is 9.81. The summed E-state index contributed by atoms with van der Waals surface area (Å²) in [5.74, 6) is -0.0482. The van der Waals surface area contributed by atoms with E-state index in [0.717, 1.165) is 41.4 Å². The minimum absolute atomic E-state index is 0. The topological polar surface area (TPSA) is 46.5 Å². The third-order valence-corrected chi connectivity index (χ3v) is 6.24. The second-order valence-electron chi connectivity index (χ2n) is 8.29. The van der Waals surface area contributed by atoms with Crippen molar-refractivity contribution in [2.45, 2.75) is 63.0 Å². The lowest BCUT2D eigenvalue weighted by Gasteiger charge is -2.31. The van der Waals surface area contributed by atoms with Gasteiger partial charge in [0, 0.05) is 12.8 Å². The quantitative estimate of drug-likeness (QED) is 0.553. The van der Waals surface area contributed by atoms with Crippen LogP contribution in [0.1, 0.15) is 68.1 Å². The number of carbonyl (C=O) groups excluding carboxylic acids is 1. The first-order valence-corrected chi connectivity index (χ1v) is 9.75. The summed E-state index contributed by atoms with van der Waals surface area (Å²) < 4.78 is 6.41. The van der Waals surface area contributed by atoms with E-state index in [-0.39, 0.29) is 17.0 Å². The predicted octanol–water partition coefficient (Wildman–Crippen LogP) is 0.554. The molecule has 0 radical (unpaired) electrons. The Bertz CT molecular complexity index is 599. The third kappa shape index (κ3) is 4.87. The van der Waals surface area contributed by atoms with Crippen LogP contribution in [-0.4, -0.2) is 48.8 Å². The Hall–Kier alpha value is -0.910. The average molecular weight is 426 g/mol. The number of aliphatic hydroxyl groups is 1. The van der Waals surface area contributed by atoms with E-state index in [2.05, 4.69) is 20.2 Å². The van der Waals surface area contributed by atoms with E-state index in [4.69, 9.17) is 4.74 Å². The molecule has 0 amide bonds. The number of esters is 1. The van der Waals surface area contributed by atoms with Gasteiger partial charge in [-0.05, 0) is 29.9 Å². The molecule has 0 bridgehead atoms. The summed E-state index contributed by atoms with van der Waals surface area (Å²) in [7, 11) is 4.36. The number of likely N-dealkylation sites (N-methyl/N-ethyl adjacent to an activating group) is 1. The van der Waals surface area contributed by atoms with E-state index in [9.17, 15) is 9.90 Å². The predicted molar refractivity (Wildman–Crippen MR) is 98.2 cm³/mol.